The standard InChI is InChI=1S/C22H22N2O3/c1-14-16-11-10-15-7-4-5-8-17(15)21(16)27-20(14)22(25)23-13-18(24(2)3)19-9-6-12-26-19/h4-12,18H,13H2,1-3H3,(H,23,25). The molecule has 0 spiro atoms. The summed E-state index contributed by atoms with van der Waals surface area (Å²) in [6.45, 7) is 2.35. The molecule has 0 aliphatic rings. The number of aryl methyl sites for hydroxylation is 1. The highest BCUT2D eigenvalue weighted by molar-refractivity contribution is 6.08. The third kappa shape index (κ3) is 3.11. The minimum atomic E-state index is -0.216. The number of fused-ring (bicyclic) bond motifs is 3. The van der Waals surface area contributed by atoms with Crippen molar-refractivity contribution in [3.05, 3.63) is 71.9 Å². The summed E-state index contributed by atoms with van der Waals surface area (Å²) in [6.07, 6.45) is 1.64. The number of amides is 1. The second kappa shape index (κ2) is 6.93. The van der Waals surface area contributed by atoms with Crippen LogP contribution in [0.25, 0.3) is 21.7 Å². The summed E-state index contributed by atoms with van der Waals surface area (Å²) in [6, 6.07) is 15.8. The minimum Gasteiger partial charge on any atom is -0.468 e. The van der Waals surface area contributed by atoms with Crippen LogP contribution in [-0.2, 0) is 0 Å². The molecule has 2 aromatic heterocycles. The van der Waals surface area contributed by atoms with Crippen LogP contribution in [-0.4, -0.2) is 31.4 Å². The average Bonchev–Trinajstić information content (AvgIpc) is 3.30. The van der Waals surface area contributed by atoms with Crippen molar-refractivity contribution in [3.63, 3.8) is 0 Å². The lowest BCUT2D eigenvalue weighted by Crippen LogP contribution is -2.34. The third-order valence-corrected chi connectivity index (χ3v) is 4.99. The Morgan fingerprint density at radius 2 is 1.89 bits per heavy atom. The predicted octanol–water partition coefficient (Wildman–Crippen LogP) is 4.52. The van der Waals surface area contributed by atoms with Crippen LogP contribution in [0.4, 0.5) is 0 Å². The van der Waals surface area contributed by atoms with Gasteiger partial charge < -0.3 is 14.2 Å². The van der Waals surface area contributed by atoms with E-state index in [1.54, 1.807) is 6.26 Å². The van der Waals surface area contributed by atoms with Crippen LogP contribution < -0.4 is 5.32 Å². The van der Waals surface area contributed by atoms with E-state index in [4.69, 9.17) is 8.83 Å². The number of carbonyl (C=O) groups excluding carboxylic acids is 1. The molecule has 5 heteroatoms. The van der Waals surface area contributed by atoms with Gasteiger partial charge in [0.2, 0.25) is 0 Å². The first kappa shape index (κ1) is 17.4. The highest BCUT2D eigenvalue weighted by Crippen LogP contribution is 2.31. The number of hydrogen-bond donors (Lipinski definition) is 1. The van der Waals surface area contributed by atoms with Crippen LogP contribution in [0.5, 0.6) is 0 Å². The van der Waals surface area contributed by atoms with Crippen LogP contribution in [0.3, 0.4) is 0 Å². The van der Waals surface area contributed by atoms with E-state index >= 15 is 0 Å². The second-order valence-electron chi connectivity index (χ2n) is 6.92. The van der Waals surface area contributed by atoms with Crippen LogP contribution in [0.1, 0.15) is 27.9 Å². The number of nitrogens with zero attached hydrogens (tertiary/aromatic N) is 1. The maximum atomic E-state index is 12.8. The normalized spacial score (nSPS) is 12.7. The first-order valence-corrected chi connectivity index (χ1v) is 8.95. The van der Waals surface area contributed by atoms with Gasteiger partial charge in [-0.2, -0.15) is 0 Å². The summed E-state index contributed by atoms with van der Waals surface area (Å²) in [5, 5.41) is 6.06. The van der Waals surface area contributed by atoms with Gasteiger partial charge in [0.15, 0.2) is 5.76 Å². The predicted molar refractivity (Wildman–Crippen MR) is 106 cm³/mol. The molecule has 0 aliphatic carbocycles. The van der Waals surface area contributed by atoms with E-state index in [9.17, 15) is 4.79 Å². The van der Waals surface area contributed by atoms with Crippen LogP contribution in [0, 0.1) is 6.92 Å². The molecule has 4 aromatic rings. The zero-order valence-electron chi connectivity index (χ0n) is 15.7. The van der Waals surface area contributed by atoms with Crippen LogP contribution in [0.2, 0.25) is 0 Å². The molecular formula is C22H22N2O3. The van der Waals surface area contributed by atoms with Gasteiger partial charge >= 0.3 is 0 Å². The maximum absolute atomic E-state index is 12.8. The van der Waals surface area contributed by atoms with E-state index in [0.717, 1.165) is 33.1 Å². The van der Waals surface area contributed by atoms with Crippen molar-refractivity contribution >= 4 is 27.6 Å². The number of nitrogens with one attached hydrogen (secondary N) is 1. The molecule has 1 amide bonds. The van der Waals surface area contributed by atoms with Gasteiger partial charge in [0.25, 0.3) is 5.91 Å². The Morgan fingerprint density at radius 1 is 1.07 bits per heavy atom. The van der Waals surface area contributed by atoms with Crippen molar-refractivity contribution in [2.75, 3.05) is 20.6 Å². The SMILES string of the molecule is Cc1c(C(=O)NCC(c2ccco2)N(C)C)oc2c1ccc1ccccc12. The fraction of sp³-hybridized carbons (Fsp3) is 0.227. The molecule has 2 heterocycles. The lowest BCUT2D eigenvalue weighted by molar-refractivity contribution is 0.0912. The second-order valence-corrected chi connectivity index (χ2v) is 6.92. The van der Waals surface area contributed by atoms with E-state index < -0.39 is 0 Å². The van der Waals surface area contributed by atoms with Crippen LogP contribution >= 0.6 is 0 Å². The van der Waals surface area contributed by atoms with Crippen molar-refractivity contribution in [3.8, 4) is 0 Å². The molecule has 0 radical (unpaired) electrons. The van der Waals surface area contributed by atoms with Crippen molar-refractivity contribution < 1.29 is 13.6 Å². The number of rotatable bonds is 5. The molecule has 1 unspecified atom stereocenters. The smallest absolute Gasteiger partial charge is 0.287 e. The maximum Gasteiger partial charge on any atom is 0.287 e. The number of furan rings is 2. The van der Waals surface area contributed by atoms with Gasteiger partial charge in [-0.15, -0.1) is 0 Å². The Hall–Kier alpha value is -3.05. The molecular weight excluding hydrogens is 340 g/mol. The lowest BCUT2D eigenvalue weighted by atomic mass is 10.1. The molecule has 27 heavy (non-hydrogen) atoms. The van der Waals surface area contributed by atoms with Crippen molar-refractivity contribution in [2.45, 2.75) is 13.0 Å². The summed E-state index contributed by atoms with van der Waals surface area (Å²) in [7, 11) is 3.91. The Kier molecular flexibility index (Phi) is 4.46. The summed E-state index contributed by atoms with van der Waals surface area (Å²) in [5.74, 6) is 0.956. The Balaban J connectivity index is 1.63. The molecule has 138 valence electrons. The van der Waals surface area contributed by atoms with E-state index in [1.807, 2.05) is 68.4 Å². The van der Waals surface area contributed by atoms with Crippen molar-refractivity contribution in [1.29, 1.82) is 0 Å². The zero-order valence-corrected chi connectivity index (χ0v) is 15.7. The summed E-state index contributed by atoms with van der Waals surface area (Å²) in [5.41, 5.74) is 1.61. The summed E-state index contributed by atoms with van der Waals surface area (Å²) in [4.78, 5) is 14.8. The lowest BCUT2D eigenvalue weighted by Gasteiger charge is -2.22. The van der Waals surface area contributed by atoms with Gasteiger partial charge in [0.05, 0.1) is 12.3 Å². The quantitative estimate of drug-likeness (QED) is 0.567. The molecule has 0 saturated heterocycles. The van der Waals surface area contributed by atoms with E-state index in [-0.39, 0.29) is 11.9 Å². The zero-order chi connectivity index (χ0) is 19.0. The molecule has 0 fully saturated rings. The van der Waals surface area contributed by atoms with Gasteiger partial charge in [-0.1, -0.05) is 36.4 Å². The summed E-state index contributed by atoms with van der Waals surface area (Å²) >= 11 is 0. The fourth-order valence-electron chi connectivity index (χ4n) is 3.45. The van der Waals surface area contributed by atoms with E-state index in [1.165, 1.54) is 0 Å². The largest absolute Gasteiger partial charge is 0.468 e. The monoisotopic (exact) mass is 362 g/mol. The average molecular weight is 362 g/mol. The molecule has 0 bridgehead atoms. The van der Waals surface area contributed by atoms with E-state index in [2.05, 4.69) is 11.4 Å². The van der Waals surface area contributed by atoms with Crippen molar-refractivity contribution in [1.82, 2.24) is 10.2 Å². The Morgan fingerprint density at radius 3 is 2.63 bits per heavy atom. The molecule has 1 N–H and O–H groups in total. The summed E-state index contributed by atoms with van der Waals surface area (Å²) < 4.78 is 11.5. The Labute approximate surface area is 157 Å². The number of carbonyl (C=O) groups is 1. The molecule has 1 atom stereocenters. The number of hydrogen-bond acceptors (Lipinski definition) is 4. The third-order valence-electron chi connectivity index (χ3n) is 4.99. The first-order valence-electron chi connectivity index (χ1n) is 8.95. The first-order chi connectivity index (χ1) is 13.1. The number of likely N-dealkylation sites (N-methyl/N-ethyl adjacent to an activating group) is 1. The highest BCUT2D eigenvalue weighted by atomic mass is 16.3. The highest BCUT2D eigenvalue weighted by Gasteiger charge is 2.22. The van der Waals surface area contributed by atoms with Crippen LogP contribution in [0.15, 0.2) is 63.6 Å². The number of benzene rings is 2. The molecule has 4 rings (SSSR count). The van der Waals surface area contributed by atoms with Crippen molar-refractivity contribution in [2.24, 2.45) is 0 Å². The van der Waals surface area contributed by atoms with Gasteiger partial charge in [-0.05, 0) is 38.5 Å². The van der Waals surface area contributed by atoms with Gasteiger partial charge in [0, 0.05) is 22.9 Å². The Bertz CT molecular complexity index is 1090. The molecule has 2 aromatic carbocycles. The van der Waals surface area contributed by atoms with Gasteiger partial charge in [-0.25, -0.2) is 0 Å². The molecule has 5 nitrogen and oxygen atoms in total. The topological polar surface area (TPSA) is 58.6 Å². The molecule has 0 aliphatic heterocycles. The fourth-order valence-corrected chi connectivity index (χ4v) is 3.45. The van der Waals surface area contributed by atoms with Gasteiger partial charge in [0.1, 0.15) is 11.3 Å². The molecule has 0 saturated carbocycles. The van der Waals surface area contributed by atoms with Gasteiger partial charge in [-0.3, -0.25) is 9.69 Å². The minimum absolute atomic E-state index is 0.0468. The van der Waals surface area contributed by atoms with E-state index in [0.29, 0.717) is 12.3 Å².